The molecule has 2 rings (SSSR count). The standard InChI is InChI=1S/C9H10ClFN2O4/c10-5-3-13(8(16)12-7(5)15)6-1-2-9(11,4-14)17-6/h3,6,14H,1-2,4H2,(H,12,15,16)/t6-,9+/m1/s1. The smallest absolute Gasteiger partial charge is 0.330 e. The highest BCUT2D eigenvalue weighted by atomic mass is 35.5. The molecule has 0 aromatic carbocycles. The Labute approximate surface area is 99.6 Å². The van der Waals surface area contributed by atoms with Crippen LogP contribution in [-0.4, -0.2) is 27.1 Å². The van der Waals surface area contributed by atoms with E-state index >= 15 is 0 Å². The van der Waals surface area contributed by atoms with Gasteiger partial charge in [-0.1, -0.05) is 11.6 Å². The van der Waals surface area contributed by atoms with Gasteiger partial charge in [-0.25, -0.2) is 9.18 Å². The molecule has 0 saturated carbocycles. The number of H-pyrrole nitrogens is 1. The van der Waals surface area contributed by atoms with Crippen molar-refractivity contribution in [2.24, 2.45) is 0 Å². The van der Waals surface area contributed by atoms with E-state index in [4.69, 9.17) is 21.4 Å². The van der Waals surface area contributed by atoms with E-state index < -0.39 is 29.9 Å². The zero-order chi connectivity index (χ0) is 12.6. The van der Waals surface area contributed by atoms with Gasteiger partial charge < -0.3 is 9.84 Å². The van der Waals surface area contributed by atoms with Crippen molar-refractivity contribution in [2.45, 2.75) is 24.9 Å². The summed E-state index contributed by atoms with van der Waals surface area (Å²) < 4.78 is 19.5. The highest BCUT2D eigenvalue weighted by Gasteiger charge is 2.41. The normalized spacial score (nSPS) is 28.5. The van der Waals surface area contributed by atoms with Crippen LogP contribution in [0.25, 0.3) is 0 Å². The van der Waals surface area contributed by atoms with Crippen molar-refractivity contribution >= 4 is 11.6 Å². The van der Waals surface area contributed by atoms with E-state index in [1.165, 1.54) is 0 Å². The van der Waals surface area contributed by atoms with Crippen molar-refractivity contribution in [1.82, 2.24) is 9.55 Å². The van der Waals surface area contributed by atoms with Crippen molar-refractivity contribution in [1.29, 1.82) is 0 Å². The molecular formula is C9H10ClFN2O4. The fourth-order valence-electron chi connectivity index (χ4n) is 1.69. The molecule has 0 amide bonds. The van der Waals surface area contributed by atoms with Gasteiger partial charge in [0.2, 0.25) is 5.85 Å². The third-order valence-corrected chi connectivity index (χ3v) is 2.85. The Bertz CT molecular complexity index is 543. The van der Waals surface area contributed by atoms with E-state index in [2.05, 4.69) is 0 Å². The van der Waals surface area contributed by atoms with Crippen LogP contribution in [0.5, 0.6) is 0 Å². The highest BCUT2D eigenvalue weighted by Crippen LogP contribution is 2.36. The number of aromatic nitrogens is 2. The quantitative estimate of drug-likeness (QED) is 0.797. The molecule has 1 aliphatic heterocycles. The van der Waals surface area contributed by atoms with Crippen LogP contribution >= 0.6 is 11.6 Å². The number of alkyl halides is 1. The van der Waals surface area contributed by atoms with Gasteiger partial charge in [-0.3, -0.25) is 14.3 Å². The lowest BCUT2D eigenvalue weighted by atomic mass is 10.2. The molecule has 94 valence electrons. The first-order chi connectivity index (χ1) is 7.95. The highest BCUT2D eigenvalue weighted by molar-refractivity contribution is 6.30. The van der Waals surface area contributed by atoms with Gasteiger partial charge in [0.25, 0.3) is 5.56 Å². The second-order valence-corrected chi connectivity index (χ2v) is 4.20. The number of ether oxygens (including phenoxy) is 1. The number of nitrogens with zero attached hydrogens (tertiary/aromatic N) is 1. The Balaban J connectivity index is 2.34. The second kappa shape index (κ2) is 4.25. The Morgan fingerprint density at radius 1 is 1.71 bits per heavy atom. The summed E-state index contributed by atoms with van der Waals surface area (Å²) in [5.74, 6) is -2.15. The minimum atomic E-state index is -2.15. The Kier molecular flexibility index (Phi) is 3.07. The van der Waals surface area contributed by atoms with E-state index in [1.807, 2.05) is 4.98 Å². The molecule has 2 atom stereocenters. The Morgan fingerprint density at radius 3 is 3.00 bits per heavy atom. The summed E-state index contributed by atoms with van der Waals surface area (Å²) in [6.07, 6.45) is 0.390. The molecule has 1 aromatic heterocycles. The predicted molar refractivity (Wildman–Crippen MR) is 56.6 cm³/mol. The minimum Gasteiger partial charge on any atom is -0.390 e. The summed E-state index contributed by atoms with van der Waals surface area (Å²) in [5, 5.41) is 8.60. The van der Waals surface area contributed by atoms with Crippen LogP contribution < -0.4 is 11.2 Å². The van der Waals surface area contributed by atoms with Gasteiger partial charge in [0, 0.05) is 12.6 Å². The number of aliphatic hydroxyl groups is 1. The maximum Gasteiger partial charge on any atom is 0.330 e. The number of rotatable bonds is 2. The lowest BCUT2D eigenvalue weighted by Crippen LogP contribution is -2.34. The number of nitrogens with one attached hydrogen (secondary N) is 1. The molecule has 8 heteroatoms. The van der Waals surface area contributed by atoms with E-state index in [0.29, 0.717) is 0 Å². The van der Waals surface area contributed by atoms with Crippen LogP contribution in [0.1, 0.15) is 19.1 Å². The van der Waals surface area contributed by atoms with E-state index in [-0.39, 0.29) is 17.9 Å². The van der Waals surface area contributed by atoms with Gasteiger partial charge in [0.1, 0.15) is 17.9 Å². The molecule has 1 saturated heterocycles. The third kappa shape index (κ3) is 2.26. The average molecular weight is 265 g/mol. The van der Waals surface area contributed by atoms with E-state index in [9.17, 15) is 14.0 Å². The number of aromatic amines is 1. The molecule has 1 aromatic rings. The molecule has 2 heterocycles. The molecule has 0 unspecified atom stereocenters. The van der Waals surface area contributed by atoms with Crippen LogP contribution in [-0.2, 0) is 4.74 Å². The molecule has 0 bridgehead atoms. The maximum atomic E-state index is 13.6. The first-order valence-corrected chi connectivity index (χ1v) is 5.31. The van der Waals surface area contributed by atoms with Crippen molar-refractivity contribution in [3.8, 4) is 0 Å². The van der Waals surface area contributed by atoms with Crippen LogP contribution in [0.15, 0.2) is 15.8 Å². The molecule has 0 spiro atoms. The zero-order valence-electron chi connectivity index (χ0n) is 8.65. The van der Waals surface area contributed by atoms with Crippen LogP contribution in [0.2, 0.25) is 5.02 Å². The number of hydrogen-bond acceptors (Lipinski definition) is 4. The molecule has 6 nitrogen and oxygen atoms in total. The fourth-order valence-corrected chi connectivity index (χ4v) is 1.84. The molecule has 1 fully saturated rings. The van der Waals surface area contributed by atoms with Crippen molar-refractivity contribution < 1.29 is 14.2 Å². The van der Waals surface area contributed by atoms with Crippen molar-refractivity contribution in [3.63, 3.8) is 0 Å². The van der Waals surface area contributed by atoms with Gasteiger partial charge in [0.05, 0.1) is 0 Å². The van der Waals surface area contributed by atoms with Gasteiger partial charge in [-0.05, 0) is 6.42 Å². The molecule has 17 heavy (non-hydrogen) atoms. The fraction of sp³-hybridized carbons (Fsp3) is 0.556. The maximum absolute atomic E-state index is 13.6. The van der Waals surface area contributed by atoms with Gasteiger partial charge in [-0.15, -0.1) is 0 Å². The van der Waals surface area contributed by atoms with E-state index in [1.54, 1.807) is 0 Å². The van der Waals surface area contributed by atoms with Gasteiger partial charge >= 0.3 is 5.69 Å². The van der Waals surface area contributed by atoms with Crippen molar-refractivity contribution in [2.75, 3.05) is 6.61 Å². The molecular weight excluding hydrogens is 255 g/mol. The molecule has 0 radical (unpaired) electrons. The molecule has 1 aliphatic rings. The molecule has 0 aliphatic carbocycles. The zero-order valence-corrected chi connectivity index (χ0v) is 9.41. The Hall–Kier alpha value is -1.18. The number of halogens is 2. The Morgan fingerprint density at radius 2 is 2.41 bits per heavy atom. The second-order valence-electron chi connectivity index (χ2n) is 3.80. The van der Waals surface area contributed by atoms with Crippen LogP contribution in [0.3, 0.4) is 0 Å². The molecule has 2 N–H and O–H groups in total. The summed E-state index contributed by atoms with van der Waals surface area (Å²) in [7, 11) is 0. The van der Waals surface area contributed by atoms with Gasteiger partial charge in [0.15, 0.2) is 0 Å². The van der Waals surface area contributed by atoms with Gasteiger partial charge in [-0.2, -0.15) is 0 Å². The largest absolute Gasteiger partial charge is 0.390 e. The predicted octanol–water partition coefficient (Wildman–Crippen LogP) is 0.157. The first-order valence-electron chi connectivity index (χ1n) is 4.94. The summed E-state index contributed by atoms with van der Waals surface area (Å²) in [4.78, 5) is 24.5. The minimum absolute atomic E-state index is 0.0304. The summed E-state index contributed by atoms with van der Waals surface area (Å²) >= 11 is 5.57. The van der Waals surface area contributed by atoms with Crippen molar-refractivity contribution in [3.05, 3.63) is 32.1 Å². The lowest BCUT2D eigenvalue weighted by Gasteiger charge is -2.18. The SMILES string of the molecule is O=c1[nH]c(=O)n([C@H]2CC[C@@](F)(CO)O2)cc1Cl. The van der Waals surface area contributed by atoms with Crippen LogP contribution in [0, 0.1) is 0 Å². The number of aliphatic hydroxyl groups excluding tert-OH is 1. The summed E-state index contributed by atoms with van der Waals surface area (Å²) in [6, 6.07) is 0. The number of hydrogen-bond donors (Lipinski definition) is 2. The van der Waals surface area contributed by atoms with E-state index in [0.717, 1.165) is 10.8 Å². The monoisotopic (exact) mass is 264 g/mol. The topological polar surface area (TPSA) is 84.3 Å². The average Bonchev–Trinajstić information content (AvgIpc) is 2.67. The summed E-state index contributed by atoms with van der Waals surface area (Å²) in [6.45, 7) is -0.782. The summed E-state index contributed by atoms with van der Waals surface area (Å²) in [5.41, 5.74) is -1.44. The van der Waals surface area contributed by atoms with Crippen LogP contribution in [0.4, 0.5) is 4.39 Å². The third-order valence-electron chi connectivity index (χ3n) is 2.58. The lowest BCUT2D eigenvalue weighted by molar-refractivity contribution is -0.177. The first kappa shape index (κ1) is 12.3.